The van der Waals surface area contributed by atoms with E-state index in [1.165, 1.54) is 13.0 Å². The van der Waals surface area contributed by atoms with Crippen LogP contribution >= 0.6 is 0 Å². The molecule has 1 saturated heterocycles. The van der Waals surface area contributed by atoms with Gasteiger partial charge in [0.2, 0.25) is 11.8 Å². The van der Waals surface area contributed by atoms with Crippen LogP contribution in [0.2, 0.25) is 0 Å². The third kappa shape index (κ3) is 5.40. The highest BCUT2D eigenvalue weighted by Crippen LogP contribution is 2.35. The fraction of sp³-hybridized carbons (Fsp3) is 0.364. The number of halogens is 2. The number of carbonyl (C=O) groups is 2. The number of anilines is 1. The second-order valence-corrected chi connectivity index (χ2v) is 7.53. The van der Waals surface area contributed by atoms with E-state index in [1.807, 2.05) is 12.1 Å². The topological polar surface area (TPSA) is 84.7 Å². The summed E-state index contributed by atoms with van der Waals surface area (Å²) in [6.45, 7) is 3.33. The molecule has 1 aliphatic rings. The predicted octanol–water partition coefficient (Wildman–Crippen LogP) is 2.92. The summed E-state index contributed by atoms with van der Waals surface area (Å²) >= 11 is 0. The predicted molar refractivity (Wildman–Crippen MR) is 108 cm³/mol. The summed E-state index contributed by atoms with van der Waals surface area (Å²) in [4.78, 5) is 24.8. The molecule has 1 unspecified atom stereocenters. The number of nitrogens with two attached hydrogens (primary N) is 1. The Morgan fingerprint density at radius 1 is 1.17 bits per heavy atom. The van der Waals surface area contributed by atoms with Gasteiger partial charge in [-0.15, -0.1) is 0 Å². The zero-order valence-electron chi connectivity index (χ0n) is 16.8. The molecule has 0 bridgehead atoms. The molecule has 0 spiro atoms. The fourth-order valence-corrected chi connectivity index (χ4v) is 3.74. The maximum atomic E-state index is 13.6. The van der Waals surface area contributed by atoms with Crippen LogP contribution < -0.4 is 11.1 Å². The van der Waals surface area contributed by atoms with Crippen molar-refractivity contribution >= 4 is 17.5 Å². The van der Waals surface area contributed by atoms with Gasteiger partial charge in [0.05, 0.1) is 6.61 Å². The number of carbonyl (C=O) groups excluding carboxylic acids is 2. The lowest BCUT2D eigenvalue weighted by Gasteiger charge is -2.43. The normalized spacial score (nSPS) is 19.4. The Kier molecular flexibility index (Phi) is 6.79. The van der Waals surface area contributed by atoms with Crippen LogP contribution in [0.5, 0.6) is 0 Å². The molecule has 1 fully saturated rings. The van der Waals surface area contributed by atoms with Crippen molar-refractivity contribution in [2.45, 2.75) is 31.9 Å². The largest absolute Gasteiger partial charge is 0.370 e. The van der Waals surface area contributed by atoms with Gasteiger partial charge in [0.15, 0.2) is 11.6 Å². The first kappa shape index (κ1) is 21.9. The maximum absolute atomic E-state index is 13.6. The second kappa shape index (κ2) is 9.32. The molecule has 0 aromatic heterocycles. The third-order valence-electron chi connectivity index (χ3n) is 5.16. The molecule has 2 aromatic rings. The molecule has 0 radical (unpaired) electrons. The standard InChI is InChI=1S/C22H25F2N3O3/c1-15(28)26-18-5-3-17(4-6-18)22(9-8-21(25)29)14-27(10-11-30-22)13-16-2-7-19(23)20(24)12-16/h2-7,12H,8-11,13-14H2,1H3,(H2,25,29)(H,26,28). The highest BCUT2D eigenvalue weighted by atomic mass is 19.2. The number of morpholine rings is 1. The van der Waals surface area contributed by atoms with Crippen molar-refractivity contribution in [2.75, 3.05) is 25.0 Å². The van der Waals surface area contributed by atoms with Gasteiger partial charge in [-0.05, 0) is 41.8 Å². The zero-order chi connectivity index (χ0) is 21.7. The summed E-state index contributed by atoms with van der Waals surface area (Å²) in [5.74, 6) is -2.35. The summed E-state index contributed by atoms with van der Waals surface area (Å²) in [5, 5.41) is 2.72. The number of nitrogens with one attached hydrogen (secondary N) is 1. The number of amides is 2. The smallest absolute Gasteiger partial charge is 0.221 e. The summed E-state index contributed by atoms with van der Waals surface area (Å²) in [6.07, 6.45) is 0.530. The van der Waals surface area contributed by atoms with Gasteiger partial charge in [0.1, 0.15) is 5.60 Å². The van der Waals surface area contributed by atoms with E-state index >= 15 is 0 Å². The molecule has 2 aromatic carbocycles. The van der Waals surface area contributed by atoms with Crippen LogP contribution in [0.15, 0.2) is 42.5 Å². The van der Waals surface area contributed by atoms with Gasteiger partial charge in [0.25, 0.3) is 0 Å². The first-order valence-corrected chi connectivity index (χ1v) is 9.74. The van der Waals surface area contributed by atoms with E-state index in [0.29, 0.717) is 43.9 Å². The highest BCUT2D eigenvalue weighted by Gasteiger charge is 2.38. The second-order valence-electron chi connectivity index (χ2n) is 7.53. The van der Waals surface area contributed by atoms with Gasteiger partial charge < -0.3 is 15.8 Å². The van der Waals surface area contributed by atoms with Gasteiger partial charge >= 0.3 is 0 Å². The molecular formula is C22H25F2N3O3. The number of ether oxygens (including phenoxy) is 1. The first-order valence-electron chi connectivity index (χ1n) is 9.74. The minimum Gasteiger partial charge on any atom is -0.370 e. The van der Waals surface area contributed by atoms with Crippen molar-refractivity contribution in [3.63, 3.8) is 0 Å². The number of benzene rings is 2. The molecule has 0 aliphatic carbocycles. The van der Waals surface area contributed by atoms with Gasteiger partial charge in [-0.1, -0.05) is 18.2 Å². The lowest BCUT2D eigenvalue weighted by Crippen LogP contribution is -2.49. The summed E-state index contributed by atoms with van der Waals surface area (Å²) in [6, 6.07) is 11.1. The van der Waals surface area contributed by atoms with Crippen molar-refractivity contribution in [1.29, 1.82) is 0 Å². The minimum atomic E-state index is -0.880. The summed E-state index contributed by atoms with van der Waals surface area (Å²) in [7, 11) is 0. The van der Waals surface area contributed by atoms with Crippen LogP contribution in [-0.4, -0.2) is 36.4 Å². The SMILES string of the molecule is CC(=O)Nc1ccc(C2(CCC(N)=O)CN(Cc3ccc(F)c(F)c3)CCO2)cc1. The Labute approximate surface area is 174 Å². The molecule has 6 nitrogen and oxygen atoms in total. The number of hydrogen-bond donors (Lipinski definition) is 2. The van der Waals surface area contributed by atoms with E-state index in [4.69, 9.17) is 10.5 Å². The molecule has 30 heavy (non-hydrogen) atoms. The molecule has 8 heteroatoms. The van der Waals surface area contributed by atoms with Crippen LogP contribution in [0, 0.1) is 11.6 Å². The fourth-order valence-electron chi connectivity index (χ4n) is 3.74. The molecule has 3 rings (SSSR count). The Balaban J connectivity index is 1.83. The Morgan fingerprint density at radius 2 is 1.90 bits per heavy atom. The Hall–Kier alpha value is -2.84. The number of hydrogen-bond acceptors (Lipinski definition) is 4. The average Bonchev–Trinajstić information content (AvgIpc) is 2.70. The quantitative estimate of drug-likeness (QED) is 0.726. The lowest BCUT2D eigenvalue weighted by atomic mass is 9.86. The number of primary amides is 1. The van der Waals surface area contributed by atoms with Crippen molar-refractivity contribution in [2.24, 2.45) is 5.73 Å². The first-order chi connectivity index (χ1) is 14.3. The van der Waals surface area contributed by atoms with Crippen molar-refractivity contribution < 1.29 is 23.1 Å². The van der Waals surface area contributed by atoms with Crippen LogP contribution in [0.25, 0.3) is 0 Å². The molecule has 1 heterocycles. The van der Waals surface area contributed by atoms with E-state index in [2.05, 4.69) is 10.2 Å². The molecule has 1 aliphatic heterocycles. The van der Waals surface area contributed by atoms with Gasteiger partial charge in [0, 0.05) is 38.7 Å². The van der Waals surface area contributed by atoms with Crippen molar-refractivity contribution in [3.8, 4) is 0 Å². The van der Waals surface area contributed by atoms with E-state index in [-0.39, 0.29) is 12.3 Å². The molecule has 0 saturated carbocycles. The van der Waals surface area contributed by atoms with Gasteiger partial charge in [-0.2, -0.15) is 0 Å². The van der Waals surface area contributed by atoms with E-state index in [1.54, 1.807) is 18.2 Å². The molecule has 2 amide bonds. The van der Waals surface area contributed by atoms with Gasteiger partial charge in [-0.25, -0.2) is 8.78 Å². The molecular weight excluding hydrogens is 392 g/mol. The monoisotopic (exact) mass is 417 g/mol. The van der Waals surface area contributed by atoms with Crippen LogP contribution in [0.4, 0.5) is 14.5 Å². The zero-order valence-corrected chi connectivity index (χ0v) is 16.8. The van der Waals surface area contributed by atoms with Crippen LogP contribution in [0.1, 0.15) is 30.9 Å². The van der Waals surface area contributed by atoms with Crippen molar-refractivity contribution in [3.05, 3.63) is 65.2 Å². The number of nitrogens with zero attached hydrogens (tertiary/aromatic N) is 1. The summed E-state index contributed by atoms with van der Waals surface area (Å²) < 4.78 is 33.0. The molecule has 1 atom stereocenters. The highest BCUT2D eigenvalue weighted by molar-refractivity contribution is 5.88. The van der Waals surface area contributed by atoms with E-state index in [0.717, 1.165) is 11.6 Å². The van der Waals surface area contributed by atoms with Crippen LogP contribution in [-0.2, 0) is 26.5 Å². The molecule has 160 valence electrons. The number of rotatable bonds is 7. The lowest BCUT2D eigenvalue weighted by molar-refractivity contribution is -0.132. The third-order valence-corrected chi connectivity index (χ3v) is 5.16. The summed E-state index contributed by atoms with van der Waals surface area (Å²) in [5.41, 5.74) is 6.77. The Bertz CT molecular complexity index is 920. The average molecular weight is 417 g/mol. The Morgan fingerprint density at radius 3 is 2.53 bits per heavy atom. The minimum absolute atomic E-state index is 0.145. The van der Waals surface area contributed by atoms with Gasteiger partial charge in [-0.3, -0.25) is 14.5 Å². The van der Waals surface area contributed by atoms with Crippen molar-refractivity contribution in [1.82, 2.24) is 4.90 Å². The van der Waals surface area contributed by atoms with E-state index in [9.17, 15) is 18.4 Å². The maximum Gasteiger partial charge on any atom is 0.221 e. The van der Waals surface area contributed by atoms with Crippen LogP contribution in [0.3, 0.4) is 0 Å². The van der Waals surface area contributed by atoms with E-state index < -0.39 is 23.1 Å². The molecule has 3 N–H and O–H groups in total.